The van der Waals surface area contributed by atoms with Crippen LogP contribution in [-0.2, 0) is 11.2 Å². The van der Waals surface area contributed by atoms with Crippen LogP contribution in [0, 0.1) is 0 Å². The first-order chi connectivity index (χ1) is 12.7. The molecule has 1 amide bonds. The normalized spacial score (nSPS) is 12.2. The van der Waals surface area contributed by atoms with Crippen molar-refractivity contribution in [2.75, 3.05) is 18.4 Å². The Morgan fingerprint density at radius 2 is 2.00 bits per heavy atom. The highest BCUT2D eigenvalue weighted by molar-refractivity contribution is 7.98. The molecule has 7 heteroatoms. The fraction of sp³-hybridized carbons (Fsp3) is 0.158. The van der Waals surface area contributed by atoms with Gasteiger partial charge in [0.05, 0.1) is 12.1 Å². The Bertz CT molecular complexity index is 938. The zero-order chi connectivity index (χ0) is 17.9. The fourth-order valence-corrected chi connectivity index (χ4v) is 3.76. The number of hydrogen-bond donors (Lipinski definition) is 1. The first kappa shape index (κ1) is 16.9. The standard InChI is InChI=1S/C19H16N2O3S2/c1-25-14-5-2-12(3-6-14)8-18(22)21-19-20-15(10-26-19)13-4-7-16-17(9-13)24-11-23-16/h2-7,9-10H,8,11H2,1H3,(H,20,21,22). The fourth-order valence-electron chi connectivity index (χ4n) is 2.61. The Morgan fingerprint density at radius 1 is 1.19 bits per heavy atom. The summed E-state index contributed by atoms with van der Waals surface area (Å²) < 4.78 is 10.7. The van der Waals surface area contributed by atoms with Crippen LogP contribution in [0.2, 0.25) is 0 Å². The molecule has 5 nitrogen and oxygen atoms in total. The monoisotopic (exact) mass is 384 g/mol. The van der Waals surface area contributed by atoms with Gasteiger partial charge < -0.3 is 14.8 Å². The highest BCUT2D eigenvalue weighted by atomic mass is 32.2. The van der Waals surface area contributed by atoms with Crippen LogP contribution in [0.15, 0.2) is 52.7 Å². The Kier molecular flexibility index (Phi) is 4.81. The van der Waals surface area contributed by atoms with Gasteiger partial charge in [0.1, 0.15) is 0 Å². The van der Waals surface area contributed by atoms with E-state index in [1.807, 2.05) is 54.1 Å². The Balaban J connectivity index is 1.42. The predicted molar refractivity (Wildman–Crippen MR) is 104 cm³/mol. The van der Waals surface area contributed by atoms with E-state index < -0.39 is 0 Å². The Hall–Kier alpha value is -2.51. The minimum atomic E-state index is -0.0755. The maximum atomic E-state index is 12.2. The second kappa shape index (κ2) is 7.39. The number of carbonyl (C=O) groups excluding carboxylic acids is 1. The third-order valence-corrected chi connectivity index (χ3v) is 5.44. The van der Waals surface area contributed by atoms with Crippen molar-refractivity contribution in [3.05, 3.63) is 53.4 Å². The van der Waals surface area contributed by atoms with Crippen molar-refractivity contribution in [3.63, 3.8) is 0 Å². The van der Waals surface area contributed by atoms with Gasteiger partial charge in [0.15, 0.2) is 16.6 Å². The van der Waals surface area contributed by atoms with E-state index in [1.54, 1.807) is 11.8 Å². The summed E-state index contributed by atoms with van der Waals surface area (Å²) in [6.45, 7) is 0.245. The number of fused-ring (bicyclic) bond motifs is 1. The van der Waals surface area contributed by atoms with E-state index in [0.29, 0.717) is 11.6 Å². The van der Waals surface area contributed by atoms with Crippen LogP contribution in [0.4, 0.5) is 5.13 Å². The molecule has 0 unspecified atom stereocenters. The molecule has 0 spiro atoms. The molecule has 0 aliphatic carbocycles. The summed E-state index contributed by atoms with van der Waals surface area (Å²) in [7, 11) is 0. The van der Waals surface area contributed by atoms with Gasteiger partial charge >= 0.3 is 0 Å². The third kappa shape index (κ3) is 3.68. The molecule has 3 aromatic rings. The number of carbonyl (C=O) groups is 1. The number of anilines is 1. The van der Waals surface area contributed by atoms with Crippen molar-refractivity contribution in [3.8, 4) is 22.8 Å². The van der Waals surface area contributed by atoms with Crippen molar-refractivity contribution in [2.24, 2.45) is 0 Å². The molecule has 0 bridgehead atoms. The van der Waals surface area contributed by atoms with Crippen molar-refractivity contribution in [1.29, 1.82) is 0 Å². The van der Waals surface area contributed by atoms with Gasteiger partial charge in [0.25, 0.3) is 0 Å². The lowest BCUT2D eigenvalue weighted by Gasteiger charge is -2.03. The van der Waals surface area contributed by atoms with Crippen LogP contribution in [0.1, 0.15) is 5.56 Å². The second-order valence-corrected chi connectivity index (χ2v) is 7.42. The third-order valence-electron chi connectivity index (χ3n) is 3.94. The maximum absolute atomic E-state index is 12.2. The summed E-state index contributed by atoms with van der Waals surface area (Å²) in [4.78, 5) is 17.9. The van der Waals surface area contributed by atoms with Crippen LogP contribution in [0.5, 0.6) is 11.5 Å². The number of thiazole rings is 1. The molecule has 1 aliphatic rings. The number of benzene rings is 2. The molecule has 4 rings (SSSR count). The molecule has 2 aromatic carbocycles. The van der Waals surface area contributed by atoms with Crippen molar-refractivity contribution in [1.82, 2.24) is 4.98 Å². The van der Waals surface area contributed by atoms with Gasteiger partial charge in [-0.1, -0.05) is 12.1 Å². The van der Waals surface area contributed by atoms with E-state index in [-0.39, 0.29) is 12.7 Å². The van der Waals surface area contributed by atoms with Gasteiger partial charge in [-0.15, -0.1) is 23.1 Å². The maximum Gasteiger partial charge on any atom is 0.231 e. The van der Waals surface area contributed by atoms with Gasteiger partial charge in [0.2, 0.25) is 12.7 Å². The van der Waals surface area contributed by atoms with E-state index in [1.165, 1.54) is 16.2 Å². The summed E-state index contributed by atoms with van der Waals surface area (Å²) in [5, 5.41) is 5.37. The molecule has 132 valence electrons. The number of amides is 1. The van der Waals surface area contributed by atoms with Gasteiger partial charge in [-0.3, -0.25) is 4.79 Å². The first-order valence-corrected chi connectivity index (χ1v) is 10.1. The summed E-state index contributed by atoms with van der Waals surface area (Å²) in [6, 6.07) is 13.7. The van der Waals surface area contributed by atoms with Crippen LogP contribution in [0.3, 0.4) is 0 Å². The molecule has 0 fully saturated rings. The summed E-state index contributed by atoms with van der Waals surface area (Å²) in [5.74, 6) is 1.38. The minimum absolute atomic E-state index is 0.0755. The number of nitrogens with zero attached hydrogens (tertiary/aromatic N) is 1. The van der Waals surface area contributed by atoms with E-state index in [2.05, 4.69) is 10.3 Å². The number of hydrogen-bond acceptors (Lipinski definition) is 6. The lowest BCUT2D eigenvalue weighted by molar-refractivity contribution is -0.115. The summed E-state index contributed by atoms with van der Waals surface area (Å²) in [5.41, 5.74) is 2.71. The van der Waals surface area contributed by atoms with Crippen molar-refractivity contribution in [2.45, 2.75) is 11.3 Å². The van der Waals surface area contributed by atoms with E-state index in [0.717, 1.165) is 28.3 Å². The molecule has 0 radical (unpaired) electrons. The molecule has 26 heavy (non-hydrogen) atoms. The predicted octanol–water partition coefficient (Wildman–Crippen LogP) is 4.44. The molecule has 0 atom stereocenters. The van der Waals surface area contributed by atoms with E-state index in [9.17, 15) is 4.79 Å². The van der Waals surface area contributed by atoms with Crippen LogP contribution < -0.4 is 14.8 Å². The second-order valence-electron chi connectivity index (χ2n) is 5.68. The lowest BCUT2D eigenvalue weighted by Crippen LogP contribution is -2.14. The number of nitrogens with one attached hydrogen (secondary N) is 1. The smallest absolute Gasteiger partial charge is 0.231 e. The summed E-state index contributed by atoms with van der Waals surface area (Å²) in [6.07, 6.45) is 2.36. The number of rotatable bonds is 5. The highest BCUT2D eigenvalue weighted by Gasteiger charge is 2.15. The van der Waals surface area contributed by atoms with E-state index >= 15 is 0 Å². The van der Waals surface area contributed by atoms with Crippen LogP contribution in [-0.4, -0.2) is 23.9 Å². The summed E-state index contributed by atoms with van der Waals surface area (Å²) >= 11 is 3.09. The molecule has 0 saturated heterocycles. The SMILES string of the molecule is CSc1ccc(CC(=O)Nc2nc(-c3ccc4c(c3)OCO4)cs2)cc1. The topological polar surface area (TPSA) is 60.5 Å². The van der Waals surface area contributed by atoms with Gasteiger partial charge in [-0.25, -0.2) is 4.98 Å². The Labute approximate surface area is 159 Å². The minimum Gasteiger partial charge on any atom is -0.454 e. The van der Waals surface area contributed by atoms with Crippen molar-refractivity contribution < 1.29 is 14.3 Å². The molecule has 2 heterocycles. The van der Waals surface area contributed by atoms with Gasteiger partial charge in [-0.2, -0.15) is 0 Å². The molecule has 1 aliphatic heterocycles. The number of ether oxygens (including phenoxy) is 2. The average molecular weight is 384 g/mol. The van der Waals surface area contributed by atoms with Crippen LogP contribution in [0.25, 0.3) is 11.3 Å². The molecule has 1 aromatic heterocycles. The number of thioether (sulfide) groups is 1. The molecule has 1 N–H and O–H groups in total. The quantitative estimate of drug-likeness (QED) is 0.659. The van der Waals surface area contributed by atoms with Crippen molar-refractivity contribution >= 4 is 34.1 Å². The lowest BCUT2D eigenvalue weighted by atomic mass is 10.1. The number of aromatic nitrogens is 1. The van der Waals surface area contributed by atoms with E-state index in [4.69, 9.17) is 9.47 Å². The first-order valence-electron chi connectivity index (χ1n) is 7.99. The van der Waals surface area contributed by atoms with Crippen LogP contribution >= 0.6 is 23.1 Å². The highest BCUT2D eigenvalue weighted by Crippen LogP contribution is 2.36. The van der Waals surface area contributed by atoms with Gasteiger partial charge in [-0.05, 0) is 42.2 Å². The molecule has 0 saturated carbocycles. The zero-order valence-electron chi connectivity index (χ0n) is 14.0. The zero-order valence-corrected chi connectivity index (χ0v) is 15.7. The molecular weight excluding hydrogens is 368 g/mol. The molecular formula is C19H16N2O3S2. The Morgan fingerprint density at radius 3 is 2.81 bits per heavy atom. The average Bonchev–Trinajstić information content (AvgIpc) is 3.30. The van der Waals surface area contributed by atoms with Gasteiger partial charge in [0, 0.05) is 15.8 Å². The largest absolute Gasteiger partial charge is 0.454 e.